The van der Waals surface area contributed by atoms with Crippen LogP contribution in [-0.2, 0) is 11.3 Å². The van der Waals surface area contributed by atoms with Crippen LogP contribution in [0.5, 0.6) is 0 Å². The first-order valence-corrected chi connectivity index (χ1v) is 8.63. The van der Waals surface area contributed by atoms with E-state index in [1.165, 1.54) is 4.57 Å². The lowest BCUT2D eigenvalue weighted by Gasteiger charge is -2.12. The van der Waals surface area contributed by atoms with Gasteiger partial charge in [0, 0.05) is 13.1 Å². The van der Waals surface area contributed by atoms with Crippen molar-refractivity contribution >= 4 is 23.7 Å². The highest BCUT2D eigenvalue weighted by molar-refractivity contribution is 8.00. The van der Waals surface area contributed by atoms with E-state index < -0.39 is 17.2 Å². The zero-order chi connectivity index (χ0) is 17.4. The van der Waals surface area contributed by atoms with Gasteiger partial charge >= 0.3 is 11.7 Å². The van der Waals surface area contributed by atoms with Crippen LogP contribution in [0.4, 0.5) is 4.79 Å². The maximum Gasteiger partial charge on any atom is 0.343 e. The third-order valence-corrected chi connectivity index (χ3v) is 4.11. The molecular formula is C14H25N5O3S. The number of hydrogen-bond acceptors (Lipinski definition) is 5. The average molecular weight is 343 g/mol. The van der Waals surface area contributed by atoms with Crippen LogP contribution in [0.3, 0.4) is 0 Å². The predicted molar refractivity (Wildman–Crippen MR) is 89.5 cm³/mol. The molecule has 1 unspecified atom stereocenters. The molecule has 3 N–H and O–H groups in total. The number of rotatable bonds is 8. The van der Waals surface area contributed by atoms with E-state index >= 15 is 0 Å². The van der Waals surface area contributed by atoms with Crippen LogP contribution in [0.15, 0.2) is 9.95 Å². The van der Waals surface area contributed by atoms with Gasteiger partial charge in [-0.25, -0.2) is 14.7 Å². The number of nitrogens with zero attached hydrogens (tertiary/aromatic N) is 2. The number of urea groups is 1. The summed E-state index contributed by atoms with van der Waals surface area (Å²) in [6, 6.07) is -0.512. The molecule has 0 radical (unpaired) electrons. The van der Waals surface area contributed by atoms with Gasteiger partial charge in [-0.15, -0.1) is 5.10 Å². The lowest BCUT2D eigenvalue weighted by atomic mass is 10.2. The fraction of sp³-hybridized carbons (Fsp3) is 0.714. The Hall–Kier alpha value is -1.77. The molecule has 0 bridgehead atoms. The lowest BCUT2D eigenvalue weighted by molar-refractivity contribution is -0.119. The summed E-state index contributed by atoms with van der Waals surface area (Å²) in [7, 11) is 0. The molecule has 1 rings (SSSR count). The van der Waals surface area contributed by atoms with Gasteiger partial charge < -0.3 is 5.32 Å². The molecule has 3 amide bonds. The highest BCUT2D eigenvalue weighted by Gasteiger charge is 2.20. The van der Waals surface area contributed by atoms with Crippen molar-refractivity contribution in [2.24, 2.45) is 5.92 Å². The molecule has 0 saturated heterocycles. The summed E-state index contributed by atoms with van der Waals surface area (Å²) in [4.78, 5) is 35.3. The Labute approximate surface area is 139 Å². The predicted octanol–water partition coefficient (Wildman–Crippen LogP) is 1.33. The Morgan fingerprint density at radius 3 is 2.65 bits per heavy atom. The van der Waals surface area contributed by atoms with Gasteiger partial charge in [0.2, 0.25) is 5.91 Å². The molecule has 23 heavy (non-hydrogen) atoms. The molecule has 1 heterocycles. The largest absolute Gasteiger partial charge is 0.343 e. The fourth-order valence-corrected chi connectivity index (χ4v) is 2.55. The summed E-state index contributed by atoms with van der Waals surface area (Å²) in [5.74, 6) is -0.117. The summed E-state index contributed by atoms with van der Waals surface area (Å²) in [6.07, 6.45) is 1.80. The lowest BCUT2D eigenvalue weighted by Crippen LogP contribution is -2.43. The van der Waals surface area contributed by atoms with E-state index in [0.29, 0.717) is 24.2 Å². The average Bonchev–Trinajstić information content (AvgIpc) is 2.83. The van der Waals surface area contributed by atoms with Crippen molar-refractivity contribution in [2.75, 3.05) is 6.54 Å². The number of carbonyl (C=O) groups is 2. The third-order valence-electron chi connectivity index (χ3n) is 3.02. The topological polar surface area (TPSA) is 109 Å². The van der Waals surface area contributed by atoms with Crippen LogP contribution in [0.1, 0.15) is 40.5 Å². The minimum absolute atomic E-state index is 0.289. The number of aromatic nitrogens is 3. The first kappa shape index (κ1) is 19.3. The highest BCUT2D eigenvalue weighted by atomic mass is 32.2. The van der Waals surface area contributed by atoms with Crippen molar-refractivity contribution < 1.29 is 9.59 Å². The van der Waals surface area contributed by atoms with Crippen molar-refractivity contribution in [3.05, 3.63) is 10.5 Å². The number of carbonyl (C=O) groups excluding carboxylic acids is 2. The van der Waals surface area contributed by atoms with Crippen molar-refractivity contribution in [3.63, 3.8) is 0 Å². The standard InChI is InChI=1S/C14H25N5O3S/c1-5-6-7-19-13(22)17-18-14(19)23-10(4)11(20)16-12(21)15-8-9(2)3/h9-10H,5-8H2,1-4H3,(H,17,22)(H2,15,16,20,21). The monoisotopic (exact) mass is 343 g/mol. The van der Waals surface area contributed by atoms with E-state index in [4.69, 9.17) is 0 Å². The smallest absolute Gasteiger partial charge is 0.338 e. The highest BCUT2D eigenvalue weighted by Crippen LogP contribution is 2.20. The van der Waals surface area contributed by atoms with Crippen molar-refractivity contribution in [2.45, 2.75) is 57.5 Å². The SMILES string of the molecule is CCCCn1c(SC(C)C(=O)NC(=O)NCC(C)C)n[nH]c1=O. The van der Waals surface area contributed by atoms with Crippen LogP contribution in [-0.4, -0.2) is 38.5 Å². The molecule has 0 aromatic carbocycles. The van der Waals surface area contributed by atoms with Crippen molar-refractivity contribution in [1.82, 2.24) is 25.4 Å². The maximum atomic E-state index is 12.0. The first-order chi connectivity index (χ1) is 10.8. The van der Waals surface area contributed by atoms with Crippen LogP contribution in [0.25, 0.3) is 0 Å². The van der Waals surface area contributed by atoms with Gasteiger partial charge in [-0.3, -0.25) is 14.7 Å². The molecule has 0 spiro atoms. The number of unbranched alkanes of at least 4 members (excludes halogenated alkanes) is 1. The van der Waals surface area contributed by atoms with Crippen molar-refractivity contribution in [3.8, 4) is 0 Å². The number of amides is 3. The molecular weight excluding hydrogens is 318 g/mol. The number of imide groups is 1. The normalized spacial score (nSPS) is 12.2. The van der Waals surface area contributed by atoms with E-state index in [9.17, 15) is 14.4 Å². The number of hydrogen-bond donors (Lipinski definition) is 3. The molecule has 1 atom stereocenters. The Morgan fingerprint density at radius 2 is 2.04 bits per heavy atom. The molecule has 9 heteroatoms. The van der Waals surface area contributed by atoms with Gasteiger partial charge in [0.15, 0.2) is 5.16 Å². The Kier molecular flexibility index (Phi) is 7.87. The molecule has 0 saturated carbocycles. The zero-order valence-electron chi connectivity index (χ0n) is 14.0. The summed E-state index contributed by atoms with van der Waals surface area (Å²) in [5, 5.41) is 11.1. The third kappa shape index (κ3) is 6.47. The van der Waals surface area contributed by atoms with Crippen LogP contribution >= 0.6 is 11.8 Å². The molecule has 130 valence electrons. The second-order valence-corrected chi connectivity index (χ2v) is 6.98. The fourth-order valence-electron chi connectivity index (χ4n) is 1.67. The Balaban J connectivity index is 2.58. The number of thioether (sulfide) groups is 1. The van der Waals surface area contributed by atoms with E-state index in [2.05, 4.69) is 20.8 Å². The summed E-state index contributed by atoms with van der Waals surface area (Å²) in [5.41, 5.74) is -0.289. The molecule has 1 aromatic heterocycles. The van der Waals surface area contributed by atoms with Gasteiger partial charge in [-0.05, 0) is 19.3 Å². The Bertz CT molecular complexity index is 581. The van der Waals surface area contributed by atoms with Gasteiger partial charge in [-0.2, -0.15) is 0 Å². The van der Waals surface area contributed by atoms with Gasteiger partial charge in [-0.1, -0.05) is 39.0 Å². The second-order valence-electron chi connectivity index (χ2n) is 5.67. The first-order valence-electron chi connectivity index (χ1n) is 7.75. The quantitative estimate of drug-likeness (QED) is 0.617. The molecule has 8 nitrogen and oxygen atoms in total. The van der Waals surface area contributed by atoms with Crippen LogP contribution in [0, 0.1) is 5.92 Å². The van der Waals surface area contributed by atoms with E-state index in [-0.39, 0.29) is 5.69 Å². The molecule has 0 aliphatic carbocycles. The zero-order valence-corrected chi connectivity index (χ0v) is 14.8. The summed E-state index contributed by atoms with van der Waals surface area (Å²) in [6.45, 7) is 8.68. The van der Waals surface area contributed by atoms with E-state index in [1.54, 1.807) is 6.92 Å². The minimum Gasteiger partial charge on any atom is -0.338 e. The van der Waals surface area contributed by atoms with E-state index in [1.807, 2.05) is 20.8 Å². The molecule has 0 aliphatic heterocycles. The minimum atomic E-state index is -0.546. The van der Waals surface area contributed by atoms with Gasteiger partial charge in [0.05, 0.1) is 5.25 Å². The van der Waals surface area contributed by atoms with E-state index in [0.717, 1.165) is 24.6 Å². The van der Waals surface area contributed by atoms with Gasteiger partial charge in [0.1, 0.15) is 0 Å². The number of nitrogens with one attached hydrogen (secondary N) is 3. The molecule has 1 aromatic rings. The molecule has 0 aliphatic rings. The Morgan fingerprint density at radius 1 is 1.35 bits per heavy atom. The van der Waals surface area contributed by atoms with Crippen molar-refractivity contribution in [1.29, 1.82) is 0 Å². The summed E-state index contributed by atoms with van der Waals surface area (Å²) < 4.78 is 1.51. The maximum absolute atomic E-state index is 12.0. The number of H-pyrrole nitrogens is 1. The number of aromatic amines is 1. The van der Waals surface area contributed by atoms with Gasteiger partial charge in [0.25, 0.3) is 0 Å². The van der Waals surface area contributed by atoms with Crippen LogP contribution in [0.2, 0.25) is 0 Å². The summed E-state index contributed by atoms with van der Waals surface area (Å²) >= 11 is 1.14. The van der Waals surface area contributed by atoms with Crippen LogP contribution < -0.4 is 16.3 Å². The second kappa shape index (κ2) is 9.39. The molecule has 0 fully saturated rings.